The van der Waals surface area contributed by atoms with Crippen LogP contribution in [0.25, 0.3) is 0 Å². The van der Waals surface area contributed by atoms with Gasteiger partial charge in [-0.05, 0) is 24.3 Å². The van der Waals surface area contributed by atoms with E-state index in [2.05, 4.69) is 5.10 Å². The van der Waals surface area contributed by atoms with Crippen LogP contribution in [0.4, 0.5) is 11.4 Å². The normalized spacial score (nSPS) is 13.6. The average Bonchev–Trinajstić information content (AvgIpc) is 2.77. The lowest BCUT2D eigenvalue weighted by Crippen LogP contribution is -2.40. The van der Waals surface area contributed by atoms with Gasteiger partial charge in [-0.3, -0.25) is 9.59 Å². The highest BCUT2D eigenvalue weighted by Crippen LogP contribution is 2.33. The van der Waals surface area contributed by atoms with Gasteiger partial charge in [0.25, 0.3) is 5.91 Å². The SMILES string of the molecule is COC(=O)c1cccc(OC)c1N(C)C(=O)C1=NN(c2ccccc2)C(=O)CC1. The fourth-order valence-corrected chi connectivity index (χ4v) is 3.08. The van der Waals surface area contributed by atoms with E-state index in [4.69, 9.17) is 9.47 Å². The number of para-hydroxylation sites is 2. The first kappa shape index (κ1) is 20.1. The van der Waals surface area contributed by atoms with Gasteiger partial charge < -0.3 is 14.4 Å². The van der Waals surface area contributed by atoms with Gasteiger partial charge in [-0.25, -0.2) is 9.80 Å². The molecule has 0 unspecified atom stereocenters. The summed E-state index contributed by atoms with van der Waals surface area (Å²) in [5.74, 6) is -0.877. The summed E-state index contributed by atoms with van der Waals surface area (Å²) in [5, 5.41) is 5.51. The molecule has 0 bridgehead atoms. The molecule has 8 heteroatoms. The van der Waals surface area contributed by atoms with Gasteiger partial charge in [0.05, 0.1) is 25.5 Å². The summed E-state index contributed by atoms with van der Waals surface area (Å²) >= 11 is 0. The van der Waals surface area contributed by atoms with E-state index in [0.29, 0.717) is 11.4 Å². The second kappa shape index (κ2) is 8.55. The van der Waals surface area contributed by atoms with E-state index in [1.807, 2.05) is 6.07 Å². The van der Waals surface area contributed by atoms with Crippen molar-refractivity contribution in [3.63, 3.8) is 0 Å². The van der Waals surface area contributed by atoms with E-state index in [-0.39, 0.29) is 35.7 Å². The lowest BCUT2D eigenvalue weighted by atomic mass is 10.1. The van der Waals surface area contributed by atoms with E-state index in [9.17, 15) is 14.4 Å². The van der Waals surface area contributed by atoms with Crippen molar-refractivity contribution in [2.24, 2.45) is 5.10 Å². The summed E-state index contributed by atoms with van der Waals surface area (Å²) in [5.41, 5.74) is 1.25. The average molecular weight is 395 g/mol. The molecule has 0 aromatic heterocycles. The maximum Gasteiger partial charge on any atom is 0.340 e. The molecule has 2 aromatic carbocycles. The van der Waals surface area contributed by atoms with E-state index in [1.54, 1.807) is 42.5 Å². The van der Waals surface area contributed by atoms with Crippen molar-refractivity contribution in [1.29, 1.82) is 0 Å². The smallest absolute Gasteiger partial charge is 0.340 e. The number of amides is 2. The highest BCUT2D eigenvalue weighted by molar-refractivity contribution is 6.45. The molecule has 0 aliphatic carbocycles. The Labute approximate surface area is 168 Å². The highest BCUT2D eigenvalue weighted by atomic mass is 16.5. The van der Waals surface area contributed by atoms with Gasteiger partial charge in [-0.15, -0.1) is 0 Å². The minimum atomic E-state index is -0.592. The number of hydrogen-bond donors (Lipinski definition) is 0. The number of carbonyl (C=O) groups excluding carboxylic acids is 3. The standard InChI is InChI=1S/C21H21N3O5/c1-23(19-15(21(27)29-3)10-7-11-17(19)28-2)20(26)16-12-13-18(25)24(22-16)14-8-5-4-6-9-14/h4-11H,12-13H2,1-3H3. The van der Waals surface area contributed by atoms with Crippen molar-refractivity contribution in [1.82, 2.24) is 0 Å². The van der Waals surface area contributed by atoms with Crippen LogP contribution in [0.3, 0.4) is 0 Å². The van der Waals surface area contributed by atoms with Crippen molar-refractivity contribution in [2.75, 3.05) is 31.2 Å². The summed E-state index contributed by atoms with van der Waals surface area (Å²) in [7, 11) is 4.24. The molecule has 0 fully saturated rings. The molecule has 150 valence electrons. The van der Waals surface area contributed by atoms with Crippen molar-refractivity contribution < 1.29 is 23.9 Å². The molecule has 0 saturated heterocycles. The number of methoxy groups -OCH3 is 2. The summed E-state index contributed by atoms with van der Waals surface area (Å²) in [4.78, 5) is 38.9. The number of esters is 1. The first-order valence-corrected chi connectivity index (χ1v) is 8.96. The Kier molecular flexibility index (Phi) is 5.92. The molecular weight excluding hydrogens is 374 g/mol. The van der Waals surface area contributed by atoms with Crippen LogP contribution >= 0.6 is 0 Å². The van der Waals surface area contributed by atoms with Crippen LogP contribution in [0.5, 0.6) is 5.75 Å². The van der Waals surface area contributed by atoms with E-state index < -0.39 is 11.9 Å². The monoisotopic (exact) mass is 395 g/mol. The van der Waals surface area contributed by atoms with Crippen molar-refractivity contribution in [3.05, 3.63) is 54.1 Å². The van der Waals surface area contributed by atoms with Gasteiger partial charge in [0.2, 0.25) is 5.91 Å². The third-order valence-corrected chi connectivity index (χ3v) is 4.54. The number of nitrogens with zero attached hydrogens (tertiary/aromatic N) is 3. The molecule has 1 aliphatic heterocycles. The summed E-state index contributed by atoms with van der Waals surface area (Å²) in [6.45, 7) is 0. The molecule has 0 spiro atoms. The highest BCUT2D eigenvalue weighted by Gasteiger charge is 2.30. The maximum atomic E-state index is 13.2. The van der Waals surface area contributed by atoms with Crippen LogP contribution in [-0.4, -0.2) is 44.8 Å². The Balaban J connectivity index is 1.99. The fourth-order valence-electron chi connectivity index (χ4n) is 3.08. The summed E-state index contributed by atoms with van der Waals surface area (Å²) < 4.78 is 10.2. The molecule has 0 saturated carbocycles. The molecular formula is C21H21N3O5. The number of anilines is 2. The van der Waals surface area contributed by atoms with E-state index >= 15 is 0 Å². The third-order valence-electron chi connectivity index (χ3n) is 4.54. The summed E-state index contributed by atoms with van der Waals surface area (Å²) in [6, 6.07) is 13.7. The predicted molar refractivity (Wildman–Crippen MR) is 108 cm³/mol. The molecule has 0 atom stereocenters. The van der Waals surface area contributed by atoms with E-state index in [1.165, 1.54) is 31.2 Å². The quantitative estimate of drug-likeness (QED) is 0.726. The minimum Gasteiger partial charge on any atom is -0.495 e. The Morgan fingerprint density at radius 2 is 1.76 bits per heavy atom. The molecule has 1 aliphatic rings. The molecule has 0 radical (unpaired) electrons. The van der Waals surface area contributed by atoms with Gasteiger partial charge in [0, 0.05) is 19.9 Å². The number of ether oxygens (including phenoxy) is 2. The van der Waals surface area contributed by atoms with E-state index in [0.717, 1.165) is 0 Å². The number of carbonyl (C=O) groups is 3. The second-order valence-corrected chi connectivity index (χ2v) is 6.30. The number of hydrogen-bond acceptors (Lipinski definition) is 6. The zero-order valence-corrected chi connectivity index (χ0v) is 16.4. The van der Waals surface area contributed by atoms with Crippen LogP contribution in [0.2, 0.25) is 0 Å². The first-order chi connectivity index (χ1) is 14.0. The van der Waals surface area contributed by atoms with Crippen molar-refractivity contribution >= 4 is 34.9 Å². The molecule has 3 rings (SSSR count). The lowest BCUT2D eigenvalue weighted by molar-refractivity contribution is -0.118. The van der Waals surface area contributed by atoms with Crippen LogP contribution in [0.15, 0.2) is 53.6 Å². The zero-order chi connectivity index (χ0) is 21.0. The maximum absolute atomic E-state index is 13.2. The third kappa shape index (κ3) is 3.96. The number of hydrazone groups is 1. The molecule has 29 heavy (non-hydrogen) atoms. The molecule has 0 N–H and O–H groups in total. The van der Waals surface area contributed by atoms with Gasteiger partial charge >= 0.3 is 5.97 Å². The van der Waals surface area contributed by atoms with Gasteiger partial charge in [0.15, 0.2) is 0 Å². The van der Waals surface area contributed by atoms with Crippen LogP contribution in [-0.2, 0) is 14.3 Å². The zero-order valence-electron chi connectivity index (χ0n) is 16.4. The fraction of sp³-hybridized carbons (Fsp3) is 0.238. The molecule has 2 aromatic rings. The van der Waals surface area contributed by atoms with Gasteiger partial charge in [-0.2, -0.15) is 5.10 Å². The minimum absolute atomic E-state index is 0.156. The van der Waals surface area contributed by atoms with Crippen LogP contribution in [0.1, 0.15) is 23.2 Å². The van der Waals surface area contributed by atoms with Crippen LogP contribution < -0.4 is 14.6 Å². The molecule has 1 heterocycles. The van der Waals surface area contributed by atoms with Gasteiger partial charge in [0.1, 0.15) is 17.1 Å². The Bertz CT molecular complexity index is 972. The van der Waals surface area contributed by atoms with Crippen molar-refractivity contribution in [3.8, 4) is 5.75 Å². The molecule has 2 amide bonds. The Hall–Kier alpha value is -3.68. The number of rotatable bonds is 5. The molecule has 8 nitrogen and oxygen atoms in total. The Morgan fingerprint density at radius 1 is 1.03 bits per heavy atom. The first-order valence-electron chi connectivity index (χ1n) is 8.96. The topological polar surface area (TPSA) is 88.5 Å². The lowest BCUT2D eigenvalue weighted by Gasteiger charge is -2.27. The Morgan fingerprint density at radius 3 is 2.41 bits per heavy atom. The van der Waals surface area contributed by atoms with Crippen LogP contribution in [0, 0.1) is 0 Å². The van der Waals surface area contributed by atoms with Crippen molar-refractivity contribution in [2.45, 2.75) is 12.8 Å². The predicted octanol–water partition coefficient (Wildman–Crippen LogP) is 2.63. The largest absolute Gasteiger partial charge is 0.495 e. The van der Waals surface area contributed by atoms with Gasteiger partial charge in [-0.1, -0.05) is 24.3 Å². The summed E-state index contributed by atoms with van der Waals surface area (Å²) in [6.07, 6.45) is 0.358. The second-order valence-electron chi connectivity index (χ2n) is 6.30. The number of benzene rings is 2.